The smallest absolute Gasteiger partial charge is 0.136 e. The van der Waals surface area contributed by atoms with Crippen LogP contribution in [0.25, 0.3) is 105 Å². The second-order valence-corrected chi connectivity index (χ2v) is 17.3. The molecule has 0 bridgehead atoms. The summed E-state index contributed by atoms with van der Waals surface area (Å²) in [6, 6.07) is 91.9. The van der Waals surface area contributed by atoms with E-state index in [1.807, 2.05) is 12.1 Å². The van der Waals surface area contributed by atoms with Crippen LogP contribution >= 0.6 is 0 Å². The molecule has 0 saturated heterocycles. The van der Waals surface area contributed by atoms with Crippen molar-refractivity contribution in [1.29, 1.82) is 0 Å². The van der Waals surface area contributed by atoms with Crippen molar-refractivity contribution in [3.05, 3.63) is 255 Å². The molecule has 2 aromatic heterocycles. The highest BCUT2D eigenvalue weighted by molar-refractivity contribution is 6.09. The fourth-order valence-electron chi connectivity index (χ4n) is 10.2. The molecule has 0 aliphatic heterocycles. The van der Waals surface area contributed by atoms with E-state index < -0.39 is 0 Å². The van der Waals surface area contributed by atoms with E-state index in [-0.39, 0.29) is 0 Å². The quantitative estimate of drug-likeness (QED) is 0.152. The summed E-state index contributed by atoms with van der Waals surface area (Å²) in [4.78, 5) is 2.38. The number of nitrogens with zero attached hydrogens (tertiary/aromatic N) is 2. The first-order valence-electron chi connectivity index (χ1n) is 22.9. The molecule has 67 heavy (non-hydrogen) atoms. The molecular weight excluding hydrogens is 813 g/mol. The molecule has 3 heteroatoms. The largest absolute Gasteiger partial charge is 0.456 e. The molecule has 13 rings (SSSR count). The van der Waals surface area contributed by atoms with E-state index in [2.05, 4.69) is 252 Å². The van der Waals surface area contributed by atoms with Crippen LogP contribution in [0.4, 0.5) is 17.1 Å². The first-order valence-corrected chi connectivity index (χ1v) is 22.9. The Morgan fingerprint density at radius 1 is 0.299 bits per heavy atom. The van der Waals surface area contributed by atoms with Gasteiger partial charge in [-0.2, -0.15) is 0 Å². The zero-order chi connectivity index (χ0) is 44.3. The lowest BCUT2D eigenvalue weighted by Crippen LogP contribution is -2.11. The summed E-state index contributed by atoms with van der Waals surface area (Å²) < 4.78 is 8.79. The second-order valence-electron chi connectivity index (χ2n) is 17.3. The summed E-state index contributed by atoms with van der Waals surface area (Å²) in [5.41, 5.74) is 17.8. The Balaban J connectivity index is 0.906. The van der Waals surface area contributed by atoms with Crippen LogP contribution in [0.15, 0.2) is 259 Å². The molecule has 2 heterocycles. The summed E-state index contributed by atoms with van der Waals surface area (Å²) in [7, 11) is 0. The standard InChI is InChI=1S/C64H42N2O/c1-2-20-53-45(14-1)15-13-25-54(53)48-18-11-16-46(40-48)43-30-35-50(36-31-43)65(60-26-7-3-21-55(60)49-34-39-59-58-24-6-10-29-63(58)67-64(59)42-49)51-37-32-44(33-38-51)47-17-12-19-52(41-47)66-61-27-8-4-22-56(61)57-23-5-9-28-62(57)66/h1-42H. The van der Waals surface area contributed by atoms with Crippen LogP contribution in [0.2, 0.25) is 0 Å². The average Bonchev–Trinajstić information content (AvgIpc) is 3.95. The van der Waals surface area contributed by atoms with Gasteiger partial charge < -0.3 is 13.9 Å². The van der Waals surface area contributed by atoms with Crippen molar-refractivity contribution in [1.82, 2.24) is 4.57 Å². The third-order valence-electron chi connectivity index (χ3n) is 13.4. The SMILES string of the molecule is c1cc(-c2ccc(N(c3ccc(-c4cccc(-n5c6ccccc6c6ccccc65)c4)cc3)c3ccccc3-c3ccc4c(c3)oc3ccccc34)cc2)cc(-c2cccc3ccccc23)c1. The third-order valence-corrected chi connectivity index (χ3v) is 13.4. The molecular formula is C64H42N2O. The number of furan rings is 1. The molecule has 0 N–H and O–H groups in total. The molecule has 0 spiro atoms. The number of benzene rings is 11. The maximum atomic E-state index is 6.41. The van der Waals surface area contributed by atoms with Crippen LogP contribution in [0.3, 0.4) is 0 Å². The van der Waals surface area contributed by atoms with Gasteiger partial charge in [0.2, 0.25) is 0 Å². The van der Waals surface area contributed by atoms with Gasteiger partial charge in [0.1, 0.15) is 11.2 Å². The van der Waals surface area contributed by atoms with Gasteiger partial charge in [0.25, 0.3) is 0 Å². The zero-order valence-electron chi connectivity index (χ0n) is 36.6. The molecule has 11 aromatic carbocycles. The van der Waals surface area contributed by atoms with Gasteiger partial charge in [0.15, 0.2) is 0 Å². The van der Waals surface area contributed by atoms with Crippen LogP contribution in [-0.4, -0.2) is 4.57 Å². The molecule has 0 atom stereocenters. The van der Waals surface area contributed by atoms with Crippen molar-refractivity contribution in [2.45, 2.75) is 0 Å². The Morgan fingerprint density at radius 2 is 0.806 bits per heavy atom. The number of rotatable bonds is 8. The average molecular weight is 855 g/mol. The first kappa shape index (κ1) is 38.5. The number of hydrogen-bond acceptors (Lipinski definition) is 2. The van der Waals surface area contributed by atoms with Crippen LogP contribution in [0, 0.1) is 0 Å². The van der Waals surface area contributed by atoms with Gasteiger partial charge >= 0.3 is 0 Å². The highest BCUT2D eigenvalue weighted by Crippen LogP contribution is 2.44. The molecule has 13 aromatic rings. The van der Waals surface area contributed by atoms with Crippen molar-refractivity contribution in [2.24, 2.45) is 0 Å². The van der Waals surface area contributed by atoms with Crippen molar-refractivity contribution in [3.63, 3.8) is 0 Å². The predicted molar refractivity (Wildman–Crippen MR) is 282 cm³/mol. The van der Waals surface area contributed by atoms with Crippen LogP contribution in [-0.2, 0) is 0 Å². The van der Waals surface area contributed by atoms with Gasteiger partial charge in [-0.05, 0) is 129 Å². The van der Waals surface area contributed by atoms with Gasteiger partial charge in [-0.3, -0.25) is 0 Å². The Hall–Kier alpha value is -8.92. The number of anilines is 3. The lowest BCUT2D eigenvalue weighted by molar-refractivity contribution is 0.669. The Kier molecular flexibility index (Phi) is 9.17. The summed E-state index contributed by atoms with van der Waals surface area (Å²) >= 11 is 0. The molecule has 0 aliphatic rings. The summed E-state index contributed by atoms with van der Waals surface area (Å²) in [6.07, 6.45) is 0. The minimum Gasteiger partial charge on any atom is -0.456 e. The van der Waals surface area contributed by atoms with Gasteiger partial charge in [-0.15, -0.1) is 0 Å². The van der Waals surface area contributed by atoms with Crippen LogP contribution in [0.5, 0.6) is 0 Å². The summed E-state index contributed by atoms with van der Waals surface area (Å²) in [5, 5.41) is 7.26. The second kappa shape index (κ2) is 16.0. The maximum Gasteiger partial charge on any atom is 0.136 e. The van der Waals surface area contributed by atoms with E-state index in [0.29, 0.717) is 0 Å². The molecule has 0 fully saturated rings. The molecule has 3 nitrogen and oxygen atoms in total. The number of aromatic nitrogens is 1. The molecule has 0 saturated carbocycles. The van der Waals surface area contributed by atoms with E-state index in [1.54, 1.807) is 0 Å². The van der Waals surface area contributed by atoms with E-state index in [1.165, 1.54) is 49.3 Å². The molecule has 0 radical (unpaired) electrons. The van der Waals surface area contributed by atoms with Gasteiger partial charge in [-0.1, -0.05) is 176 Å². The Morgan fingerprint density at radius 3 is 1.55 bits per heavy atom. The van der Waals surface area contributed by atoms with E-state index in [9.17, 15) is 0 Å². The Labute approximate surface area is 388 Å². The van der Waals surface area contributed by atoms with E-state index in [0.717, 1.165) is 72.5 Å². The lowest BCUT2D eigenvalue weighted by atomic mass is 9.95. The van der Waals surface area contributed by atoms with Crippen molar-refractivity contribution in [2.75, 3.05) is 4.90 Å². The normalized spacial score (nSPS) is 11.6. The van der Waals surface area contributed by atoms with Crippen LogP contribution in [0.1, 0.15) is 0 Å². The Bertz CT molecular complexity index is 3930. The van der Waals surface area contributed by atoms with E-state index in [4.69, 9.17) is 4.42 Å². The summed E-state index contributed by atoms with van der Waals surface area (Å²) in [5.74, 6) is 0. The van der Waals surface area contributed by atoms with Crippen LogP contribution < -0.4 is 4.90 Å². The highest BCUT2D eigenvalue weighted by atomic mass is 16.3. The third kappa shape index (κ3) is 6.67. The van der Waals surface area contributed by atoms with E-state index >= 15 is 0 Å². The summed E-state index contributed by atoms with van der Waals surface area (Å²) in [6.45, 7) is 0. The van der Waals surface area contributed by atoms with Gasteiger partial charge in [0.05, 0.1) is 16.7 Å². The molecule has 0 amide bonds. The van der Waals surface area contributed by atoms with Crippen molar-refractivity contribution < 1.29 is 4.42 Å². The van der Waals surface area contributed by atoms with Crippen molar-refractivity contribution in [3.8, 4) is 50.2 Å². The number of fused-ring (bicyclic) bond motifs is 7. The topological polar surface area (TPSA) is 21.3 Å². The van der Waals surface area contributed by atoms with Gasteiger partial charge in [0, 0.05) is 44.2 Å². The van der Waals surface area contributed by atoms with Gasteiger partial charge in [-0.25, -0.2) is 0 Å². The fraction of sp³-hybridized carbons (Fsp3) is 0. The molecule has 0 unspecified atom stereocenters. The monoisotopic (exact) mass is 854 g/mol. The highest BCUT2D eigenvalue weighted by Gasteiger charge is 2.20. The first-order chi connectivity index (χ1) is 33.2. The molecule has 314 valence electrons. The van der Waals surface area contributed by atoms with Crippen molar-refractivity contribution >= 4 is 71.6 Å². The minimum absolute atomic E-state index is 0.877. The maximum absolute atomic E-state index is 6.41. The molecule has 0 aliphatic carbocycles. The number of para-hydroxylation sites is 4. The fourth-order valence-corrected chi connectivity index (χ4v) is 10.2. The number of hydrogen-bond donors (Lipinski definition) is 0. The predicted octanol–water partition coefficient (Wildman–Crippen LogP) is 18.0. The minimum atomic E-state index is 0.877. The zero-order valence-corrected chi connectivity index (χ0v) is 36.6. The lowest BCUT2D eigenvalue weighted by Gasteiger charge is -2.28.